The Labute approximate surface area is 69.1 Å². The van der Waals surface area contributed by atoms with Gasteiger partial charge in [0.05, 0.1) is 6.10 Å². The third kappa shape index (κ3) is 1.34. The second-order valence-corrected chi connectivity index (χ2v) is 4.31. The third-order valence-electron chi connectivity index (χ3n) is 3.20. The summed E-state index contributed by atoms with van der Waals surface area (Å²) >= 11 is 0. The van der Waals surface area contributed by atoms with Gasteiger partial charge < -0.3 is 5.11 Å². The van der Waals surface area contributed by atoms with Gasteiger partial charge in [-0.15, -0.1) is 0 Å². The summed E-state index contributed by atoms with van der Waals surface area (Å²) in [5.41, 5.74) is 1.19. The molecule has 0 fully saturated rings. The van der Waals surface area contributed by atoms with Gasteiger partial charge in [0.2, 0.25) is 0 Å². The van der Waals surface area contributed by atoms with Crippen LogP contribution in [0.4, 0.5) is 0 Å². The number of aliphatic hydroxyl groups excluding tert-OH is 1. The van der Waals surface area contributed by atoms with E-state index >= 15 is 0 Å². The lowest BCUT2D eigenvalue weighted by atomic mass is 9.68. The first kappa shape index (κ1) is 8.79. The zero-order valence-electron chi connectivity index (χ0n) is 7.89. The van der Waals surface area contributed by atoms with Crippen LogP contribution in [0.3, 0.4) is 0 Å². The van der Waals surface area contributed by atoms with Crippen LogP contribution in [-0.4, -0.2) is 11.2 Å². The van der Waals surface area contributed by atoms with E-state index in [2.05, 4.69) is 26.8 Å². The molecular formula is C10H18O. The van der Waals surface area contributed by atoms with Gasteiger partial charge in [-0.3, -0.25) is 0 Å². The number of hydrogen-bond donors (Lipinski definition) is 1. The van der Waals surface area contributed by atoms with E-state index in [1.807, 2.05) is 6.92 Å². The summed E-state index contributed by atoms with van der Waals surface area (Å²) in [5, 5.41) is 9.81. The molecule has 0 saturated heterocycles. The van der Waals surface area contributed by atoms with Gasteiger partial charge in [0.15, 0.2) is 0 Å². The quantitative estimate of drug-likeness (QED) is 0.531. The lowest BCUT2D eigenvalue weighted by Crippen LogP contribution is -2.38. The molecule has 0 heterocycles. The van der Waals surface area contributed by atoms with Gasteiger partial charge in [-0.05, 0) is 30.3 Å². The molecule has 0 amide bonds. The molecule has 0 spiro atoms. The molecular weight excluding hydrogens is 136 g/mol. The smallest absolute Gasteiger partial charge is 0.0800 e. The van der Waals surface area contributed by atoms with Gasteiger partial charge in [-0.1, -0.05) is 26.8 Å². The fourth-order valence-electron chi connectivity index (χ4n) is 1.63. The molecule has 11 heavy (non-hydrogen) atoms. The van der Waals surface area contributed by atoms with Gasteiger partial charge >= 0.3 is 0 Å². The molecule has 1 nitrogen and oxygen atoms in total. The van der Waals surface area contributed by atoms with Crippen LogP contribution in [0.15, 0.2) is 11.6 Å². The minimum Gasteiger partial charge on any atom is -0.388 e. The molecule has 1 aliphatic carbocycles. The molecule has 1 aliphatic rings. The maximum Gasteiger partial charge on any atom is 0.0800 e. The van der Waals surface area contributed by atoms with Crippen LogP contribution in [0.2, 0.25) is 0 Å². The van der Waals surface area contributed by atoms with E-state index in [4.69, 9.17) is 0 Å². The minimum atomic E-state index is -0.244. The summed E-state index contributed by atoms with van der Waals surface area (Å²) in [7, 11) is 0. The Morgan fingerprint density at radius 3 is 2.55 bits per heavy atom. The molecule has 0 aromatic heterocycles. The predicted octanol–water partition coefficient (Wildman–Crippen LogP) is 2.36. The minimum absolute atomic E-state index is 0.0544. The van der Waals surface area contributed by atoms with Crippen molar-refractivity contribution in [1.29, 1.82) is 0 Å². The Morgan fingerprint density at radius 1 is 1.55 bits per heavy atom. The number of aliphatic hydroxyl groups is 1. The summed E-state index contributed by atoms with van der Waals surface area (Å²) in [6.45, 7) is 8.49. The fourth-order valence-corrected chi connectivity index (χ4v) is 1.63. The van der Waals surface area contributed by atoms with Crippen molar-refractivity contribution in [2.45, 2.75) is 40.2 Å². The van der Waals surface area contributed by atoms with E-state index in [1.54, 1.807) is 0 Å². The highest BCUT2D eigenvalue weighted by Gasteiger charge is 2.36. The Kier molecular flexibility index (Phi) is 2.10. The van der Waals surface area contributed by atoms with Gasteiger partial charge in [-0.2, -0.15) is 0 Å². The third-order valence-corrected chi connectivity index (χ3v) is 3.20. The van der Waals surface area contributed by atoms with E-state index in [9.17, 15) is 5.11 Å². The average molecular weight is 154 g/mol. The van der Waals surface area contributed by atoms with Crippen molar-refractivity contribution < 1.29 is 5.11 Å². The van der Waals surface area contributed by atoms with Crippen molar-refractivity contribution in [3.63, 3.8) is 0 Å². The van der Waals surface area contributed by atoms with Crippen LogP contribution in [0.25, 0.3) is 0 Å². The number of rotatable bonds is 0. The maximum absolute atomic E-state index is 9.81. The molecule has 1 N–H and O–H groups in total. The van der Waals surface area contributed by atoms with E-state index in [0.29, 0.717) is 5.92 Å². The predicted molar refractivity (Wildman–Crippen MR) is 47.3 cm³/mol. The van der Waals surface area contributed by atoms with Crippen molar-refractivity contribution >= 4 is 0 Å². The van der Waals surface area contributed by atoms with Gasteiger partial charge in [0.1, 0.15) is 0 Å². The van der Waals surface area contributed by atoms with E-state index in [-0.39, 0.29) is 11.5 Å². The summed E-state index contributed by atoms with van der Waals surface area (Å²) in [4.78, 5) is 0. The molecule has 0 bridgehead atoms. The van der Waals surface area contributed by atoms with Crippen molar-refractivity contribution in [3.8, 4) is 0 Å². The van der Waals surface area contributed by atoms with Crippen LogP contribution in [0.5, 0.6) is 0 Å². The summed E-state index contributed by atoms with van der Waals surface area (Å²) < 4.78 is 0. The van der Waals surface area contributed by atoms with Crippen LogP contribution in [-0.2, 0) is 0 Å². The molecule has 2 atom stereocenters. The van der Waals surface area contributed by atoms with Crippen LogP contribution in [0.1, 0.15) is 34.1 Å². The van der Waals surface area contributed by atoms with Crippen molar-refractivity contribution in [1.82, 2.24) is 0 Å². The molecule has 2 unspecified atom stereocenters. The normalized spacial score (nSPS) is 36.6. The molecule has 1 heteroatoms. The zero-order chi connectivity index (χ0) is 8.65. The Morgan fingerprint density at radius 2 is 2.09 bits per heavy atom. The van der Waals surface area contributed by atoms with Crippen molar-refractivity contribution in [3.05, 3.63) is 11.6 Å². The first-order valence-electron chi connectivity index (χ1n) is 4.31. The summed E-state index contributed by atoms with van der Waals surface area (Å²) in [6.07, 6.45) is 3.02. The molecule has 0 saturated carbocycles. The Balaban J connectivity index is 2.89. The van der Waals surface area contributed by atoms with Crippen molar-refractivity contribution in [2.75, 3.05) is 0 Å². The molecule has 64 valence electrons. The van der Waals surface area contributed by atoms with Crippen LogP contribution >= 0.6 is 0 Å². The number of allylic oxidation sites excluding steroid dienone is 1. The number of hydrogen-bond acceptors (Lipinski definition) is 1. The summed E-state index contributed by atoms with van der Waals surface area (Å²) in [6, 6.07) is 0. The largest absolute Gasteiger partial charge is 0.388 e. The molecule has 0 aromatic carbocycles. The van der Waals surface area contributed by atoms with Crippen molar-refractivity contribution in [2.24, 2.45) is 11.3 Å². The average Bonchev–Trinajstić information content (AvgIpc) is 1.95. The Hall–Kier alpha value is -0.300. The highest BCUT2D eigenvalue weighted by molar-refractivity contribution is 5.14. The first-order valence-corrected chi connectivity index (χ1v) is 4.31. The second kappa shape index (κ2) is 2.63. The Bertz CT molecular complexity index is 179. The summed E-state index contributed by atoms with van der Waals surface area (Å²) in [5.74, 6) is 0.584. The monoisotopic (exact) mass is 154 g/mol. The SMILES string of the molecule is CC1=CCC(C)C(C)(C)C1O. The molecule has 0 aromatic rings. The lowest BCUT2D eigenvalue weighted by Gasteiger charge is -2.40. The second-order valence-electron chi connectivity index (χ2n) is 4.31. The van der Waals surface area contributed by atoms with E-state index < -0.39 is 0 Å². The van der Waals surface area contributed by atoms with Crippen LogP contribution in [0, 0.1) is 11.3 Å². The molecule has 0 radical (unpaired) electrons. The van der Waals surface area contributed by atoms with Gasteiger partial charge in [0.25, 0.3) is 0 Å². The highest BCUT2D eigenvalue weighted by Crippen LogP contribution is 2.39. The molecule has 0 aliphatic heterocycles. The van der Waals surface area contributed by atoms with Crippen LogP contribution < -0.4 is 0 Å². The van der Waals surface area contributed by atoms with E-state index in [1.165, 1.54) is 0 Å². The maximum atomic E-state index is 9.81. The molecule has 1 rings (SSSR count). The standard InChI is InChI=1S/C10H18O/c1-7-5-6-8(2)10(3,4)9(7)11/h5,8-9,11H,6H2,1-4H3. The van der Waals surface area contributed by atoms with Gasteiger partial charge in [0, 0.05) is 0 Å². The van der Waals surface area contributed by atoms with E-state index in [0.717, 1.165) is 12.0 Å². The highest BCUT2D eigenvalue weighted by atomic mass is 16.3. The van der Waals surface area contributed by atoms with Gasteiger partial charge in [-0.25, -0.2) is 0 Å². The zero-order valence-corrected chi connectivity index (χ0v) is 7.89. The fraction of sp³-hybridized carbons (Fsp3) is 0.800. The lowest BCUT2D eigenvalue weighted by molar-refractivity contribution is 0.0299. The topological polar surface area (TPSA) is 20.2 Å². The first-order chi connectivity index (χ1) is 4.96.